The molecule has 0 amide bonds. The maximum Gasteiger partial charge on any atom is 0.168 e. The van der Waals surface area contributed by atoms with Crippen LogP contribution in [0.5, 0.6) is 0 Å². The summed E-state index contributed by atoms with van der Waals surface area (Å²) >= 11 is 0. The minimum Gasteiger partial charge on any atom is -0.377 e. The molecule has 86 valence electrons. The summed E-state index contributed by atoms with van der Waals surface area (Å²) in [6.07, 6.45) is 2.60. The number of carbonyl (C=O) groups excluding carboxylic acids is 2. The molecule has 1 fully saturated rings. The van der Waals surface area contributed by atoms with Gasteiger partial charge >= 0.3 is 0 Å². The van der Waals surface area contributed by atoms with Gasteiger partial charge in [0.25, 0.3) is 0 Å². The zero-order chi connectivity index (χ0) is 11.4. The van der Waals surface area contributed by atoms with Gasteiger partial charge in [-0.15, -0.1) is 0 Å². The quantitative estimate of drug-likeness (QED) is 0.605. The molecule has 0 aromatic heterocycles. The molecule has 3 nitrogen and oxygen atoms in total. The molecular weight excluding hydrogens is 192 g/mol. The number of Topliss-reactive ketones (excluding diaryl/α,β-unsaturated/α-hetero) is 2. The molecule has 1 atom stereocenters. The van der Waals surface area contributed by atoms with Crippen LogP contribution in [0.3, 0.4) is 0 Å². The van der Waals surface area contributed by atoms with E-state index in [4.69, 9.17) is 4.74 Å². The van der Waals surface area contributed by atoms with Gasteiger partial charge in [-0.05, 0) is 25.2 Å². The SMILES string of the molecule is COCC(=O)C(CC(C)C)C(=O)C1CC1. The van der Waals surface area contributed by atoms with Gasteiger partial charge in [0.05, 0.1) is 5.92 Å². The van der Waals surface area contributed by atoms with Crippen LogP contribution in [0.1, 0.15) is 33.1 Å². The Morgan fingerprint density at radius 1 is 1.33 bits per heavy atom. The highest BCUT2D eigenvalue weighted by Crippen LogP contribution is 2.34. The van der Waals surface area contributed by atoms with Crippen molar-refractivity contribution in [3.63, 3.8) is 0 Å². The summed E-state index contributed by atoms with van der Waals surface area (Å²) in [4.78, 5) is 23.6. The van der Waals surface area contributed by atoms with Gasteiger partial charge in [-0.3, -0.25) is 9.59 Å². The first-order chi connectivity index (χ1) is 7.06. The number of hydrogen-bond donors (Lipinski definition) is 0. The van der Waals surface area contributed by atoms with Crippen LogP contribution < -0.4 is 0 Å². The predicted molar refractivity (Wildman–Crippen MR) is 57.6 cm³/mol. The maximum absolute atomic E-state index is 11.9. The number of carbonyl (C=O) groups is 2. The smallest absolute Gasteiger partial charge is 0.168 e. The molecule has 0 aromatic carbocycles. The Hall–Kier alpha value is -0.700. The Morgan fingerprint density at radius 2 is 1.93 bits per heavy atom. The van der Waals surface area contributed by atoms with E-state index >= 15 is 0 Å². The third kappa shape index (κ3) is 3.74. The van der Waals surface area contributed by atoms with Crippen LogP contribution in [-0.2, 0) is 14.3 Å². The summed E-state index contributed by atoms with van der Waals surface area (Å²) < 4.78 is 4.81. The van der Waals surface area contributed by atoms with E-state index in [1.165, 1.54) is 7.11 Å². The lowest BCUT2D eigenvalue weighted by molar-refractivity contribution is -0.136. The van der Waals surface area contributed by atoms with Crippen molar-refractivity contribution >= 4 is 11.6 Å². The van der Waals surface area contributed by atoms with Crippen LogP contribution in [0.4, 0.5) is 0 Å². The van der Waals surface area contributed by atoms with Crippen LogP contribution in [0.2, 0.25) is 0 Å². The van der Waals surface area contributed by atoms with Crippen LogP contribution in [0.25, 0.3) is 0 Å². The van der Waals surface area contributed by atoms with E-state index in [1.54, 1.807) is 0 Å². The van der Waals surface area contributed by atoms with E-state index in [0.29, 0.717) is 12.3 Å². The maximum atomic E-state index is 11.9. The van der Waals surface area contributed by atoms with Crippen molar-refractivity contribution in [2.75, 3.05) is 13.7 Å². The van der Waals surface area contributed by atoms with Crippen molar-refractivity contribution in [1.29, 1.82) is 0 Å². The highest BCUT2D eigenvalue weighted by molar-refractivity contribution is 6.04. The van der Waals surface area contributed by atoms with Gasteiger partial charge in [0, 0.05) is 13.0 Å². The Labute approximate surface area is 91.2 Å². The highest BCUT2D eigenvalue weighted by Gasteiger charge is 2.37. The second-order valence-corrected chi connectivity index (χ2v) is 4.76. The Bertz CT molecular complexity index is 241. The monoisotopic (exact) mass is 212 g/mol. The minimum atomic E-state index is -0.419. The van der Waals surface area contributed by atoms with Crippen molar-refractivity contribution in [2.24, 2.45) is 17.8 Å². The number of ketones is 2. The fourth-order valence-corrected chi connectivity index (χ4v) is 1.77. The van der Waals surface area contributed by atoms with E-state index in [2.05, 4.69) is 0 Å². The molecular formula is C12H20O3. The van der Waals surface area contributed by atoms with Crippen molar-refractivity contribution < 1.29 is 14.3 Å². The second-order valence-electron chi connectivity index (χ2n) is 4.76. The van der Waals surface area contributed by atoms with Gasteiger partial charge in [0.15, 0.2) is 5.78 Å². The summed E-state index contributed by atoms with van der Waals surface area (Å²) in [7, 11) is 1.49. The lowest BCUT2D eigenvalue weighted by Crippen LogP contribution is -2.29. The minimum absolute atomic E-state index is 0.0527. The Kier molecular flexibility index (Phi) is 4.45. The van der Waals surface area contributed by atoms with E-state index in [-0.39, 0.29) is 24.1 Å². The van der Waals surface area contributed by atoms with Gasteiger partial charge in [0.1, 0.15) is 12.4 Å². The number of rotatable bonds is 7. The molecule has 0 saturated heterocycles. The first-order valence-electron chi connectivity index (χ1n) is 5.61. The molecule has 1 aliphatic carbocycles. The largest absolute Gasteiger partial charge is 0.377 e. The molecule has 1 aliphatic rings. The zero-order valence-corrected chi connectivity index (χ0v) is 9.79. The Balaban J connectivity index is 2.58. The molecule has 1 rings (SSSR count). The predicted octanol–water partition coefficient (Wildman–Crippen LogP) is 1.84. The van der Waals surface area contributed by atoms with Crippen molar-refractivity contribution in [1.82, 2.24) is 0 Å². The summed E-state index contributed by atoms with van der Waals surface area (Å²) in [5.74, 6) is 0.208. The topological polar surface area (TPSA) is 43.4 Å². The fraction of sp³-hybridized carbons (Fsp3) is 0.833. The molecule has 0 spiro atoms. The first-order valence-corrected chi connectivity index (χ1v) is 5.61. The molecule has 0 aromatic rings. The molecule has 0 aliphatic heterocycles. The average molecular weight is 212 g/mol. The van der Waals surface area contributed by atoms with E-state index in [1.807, 2.05) is 13.8 Å². The van der Waals surface area contributed by atoms with E-state index in [9.17, 15) is 9.59 Å². The van der Waals surface area contributed by atoms with Crippen molar-refractivity contribution in [2.45, 2.75) is 33.1 Å². The number of ether oxygens (including phenoxy) is 1. The zero-order valence-electron chi connectivity index (χ0n) is 9.79. The molecule has 3 heteroatoms. The van der Waals surface area contributed by atoms with Gasteiger partial charge < -0.3 is 4.74 Å². The Morgan fingerprint density at radius 3 is 2.33 bits per heavy atom. The van der Waals surface area contributed by atoms with Gasteiger partial charge in [-0.2, -0.15) is 0 Å². The third-order valence-electron chi connectivity index (χ3n) is 2.71. The molecule has 15 heavy (non-hydrogen) atoms. The first kappa shape index (κ1) is 12.4. The number of methoxy groups -OCH3 is 1. The van der Waals surface area contributed by atoms with Gasteiger partial charge in [-0.1, -0.05) is 13.8 Å². The highest BCUT2D eigenvalue weighted by atomic mass is 16.5. The van der Waals surface area contributed by atoms with Crippen LogP contribution in [-0.4, -0.2) is 25.3 Å². The summed E-state index contributed by atoms with van der Waals surface area (Å²) in [6, 6.07) is 0. The molecule has 0 heterocycles. The third-order valence-corrected chi connectivity index (χ3v) is 2.71. The van der Waals surface area contributed by atoms with E-state index < -0.39 is 5.92 Å². The van der Waals surface area contributed by atoms with Crippen LogP contribution in [0.15, 0.2) is 0 Å². The fourth-order valence-electron chi connectivity index (χ4n) is 1.77. The average Bonchev–Trinajstić information content (AvgIpc) is 2.96. The standard InChI is InChI=1S/C12H20O3/c1-8(2)6-10(11(13)7-15-3)12(14)9-4-5-9/h8-10H,4-7H2,1-3H3. The molecule has 0 N–H and O–H groups in total. The van der Waals surface area contributed by atoms with Crippen LogP contribution in [0, 0.1) is 17.8 Å². The normalized spacial score (nSPS) is 17.9. The van der Waals surface area contributed by atoms with Gasteiger partial charge in [-0.25, -0.2) is 0 Å². The molecule has 1 unspecified atom stereocenters. The number of hydrogen-bond acceptors (Lipinski definition) is 3. The van der Waals surface area contributed by atoms with Crippen molar-refractivity contribution in [3.8, 4) is 0 Å². The van der Waals surface area contributed by atoms with Gasteiger partial charge in [0.2, 0.25) is 0 Å². The molecule has 0 radical (unpaired) electrons. The molecule has 1 saturated carbocycles. The van der Waals surface area contributed by atoms with E-state index in [0.717, 1.165) is 12.8 Å². The second kappa shape index (κ2) is 5.40. The summed E-state index contributed by atoms with van der Waals surface area (Å²) in [5, 5.41) is 0. The lowest BCUT2D eigenvalue weighted by atomic mass is 9.88. The van der Waals surface area contributed by atoms with Crippen molar-refractivity contribution in [3.05, 3.63) is 0 Å². The van der Waals surface area contributed by atoms with Crippen LogP contribution >= 0.6 is 0 Å². The lowest BCUT2D eigenvalue weighted by Gasteiger charge is -2.16. The summed E-state index contributed by atoms with van der Waals surface area (Å²) in [6.45, 7) is 4.14. The molecule has 0 bridgehead atoms. The summed E-state index contributed by atoms with van der Waals surface area (Å²) in [5.41, 5.74) is 0.